The quantitative estimate of drug-likeness (QED) is 0.887. The molecule has 5 nitrogen and oxygen atoms in total. The van der Waals surface area contributed by atoms with E-state index in [-0.39, 0.29) is 5.56 Å². The van der Waals surface area contributed by atoms with Crippen LogP contribution in [0.4, 0.5) is 0 Å². The smallest absolute Gasteiger partial charge is 0.261 e. The van der Waals surface area contributed by atoms with Crippen LogP contribution in [0, 0.1) is 4.77 Å². The lowest BCUT2D eigenvalue weighted by Gasteiger charge is -2.22. The van der Waals surface area contributed by atoms with Crippen LogP contribution in [0.2, 0.25) is 0 Å². The third-order valence-corrected chi connectivity index (χ3v) is 4.53. The van der Waals surface area contributed by atoms with Gasteiger partial charge in [0.25, 0.3) is 5.56 Å². The second-order valence-electron chi connectivity index (χ2n) is 5.61. The van der Waals surface area contributed by atoms with Crippen molar-refractivity contribution in [3.05, 3.63) is 32.4 Å². The Balaban J connectivity index is 2.26. The monoisotopic (exact) mass is 304 g/mol. The van der Waals surface area contributed by atoms with Crippen molar-refractivity contribution >= 4 is 12.2 Å². The van der Waals surface area contributed by atoms with Crippen LogP contribution in [0.3, 0.4) is 0 Å². The minimum atomic E-state index is 0.0506. The largest absolute Gasteiger partial charge is 0.312 e. The summed E-state index contributed by atoms with van der Waals surface area (Å²) in [4.78, 5) is 12.9. The summed E-state index contributed by atoms with van der Waals surface area (Å²) >= 11 is 5.16. The van der Waals surface area contributed by atoms with E-state index in [9.17, 15) is 4.79 Å². The number of H-pyrrole nitrogens is 1. The van der Waals surface area contributed by atoms with Crippen molar-refractivity contribution in [2.45, 2.75) is 45.6 Å². The Kier molecular flexibility index (Phi) is 3.80. The van der Waals surface area contributed by atoms with Crippen LogP contribution in [0.5, 0.6) is 0 Å². The first kappa shape index (κ1) is 14.3. The van der Waals surface area contributed by atoms with Crippen molar-refractivity contribution in [1.29, 1.82) is 0 Å². The molecule has 0 saturated heterocycles. The lowest BCUT2D eigenvalue weighted by Crippen LogP contribution is -2.28. The Labute approximate surface area is 128 Å². The van der Waals surface area contributed by atoms with Crippen LogP contribution < -0.4 is 5.56 Å². The van der Waals surface area contributed by atoms with Gasteiger partial charge in [-0.3, -0.25) is 9.89 Å². The summed E-state index contributed by atoms with van der Waals surface area (Å²) in [6, 6.07) is 2.02. The van der Waals surface area contributed by atoms with Gasteiger partial charge in [-0.2, -0.15) is 5.10 Å². The number of rotatable bonds is 3. The minimum absolute atomic E-state index is 0.0506. The molecule has 0 bridgehead atoms. The third kappa shape index (κ3) is 2.37. The summed E-state index contributed by atoms with van der Waals surface area (Å²) in [6.07, 6.45) is 5.36. The molecule has 21 heavy (non-hydrogen) atoms. The first-order valence-corrected chi connectivity index (χ1v) is 7.91. The highest BCUT2D eigenvalue weighted by molar-refractivity contribution is 7.71. The van der Waals surface area contributed by atoms with E-state index >= 15 is 0 Å². The Morgan fingerprint density at radius 3 is 2.81 bits per heavy atom. The van der Waals surface area contributed by atoms with Gasteiger partial charge in [-0.05, 0) is 56.0 Å². The molecule has 0 aromatic carbocycles. The van der Waals surface area contributed by atoms with Crippen molar-refractivity contribution in [2.24, 2.45) is 7.05 Å². The van der Waals surface area contributed by atoms with Crippen LogP contribution >= 0.6 is 12.2 Å². The predicted molar refractivity (Wildman–Crippen MR) is 85.0 cm³/mol. The van der Waals surface area contributed by atoms with Crippen LogP contribution in [0.15, 0.2) is 10.9 Å². The molecule has 1 aliphatic rings. The number of aromatic nitrogens is 4. The molecule has 0 radical (unpaired) electrons. The van der Waals surface area contributed by atoms with Gasteiger partial charge < -0.3 is 9.13 Å². The van der Waals surface area contributed by atoms with Gasteiger partial charge in [-0.25, -0.2) is 0 Å². The van der Waals surface area contributed by atoms with Crippen LogP contribution in [-0.4, -0.2) is 19.3 Å². The molecule has 3 rings (SSSR count). The number of nitrogens with zero attached hydrogens (tertiary/aromatic N) is 3. The van der Waals surface area contributed by atoms with E-state index in [1.54, 1.807) is 4.57 Å². The fourth-order valence-corrected chi connectivity index (χ4v) is 3.22. The number of hydrogen-bond acceptors (Lipinski definition) is 3. The van der Waals surface area contributed by atoms with Gasteiger partial charge in [0.2, 0.25) is 0 Å². The molecule has 0 aliphatic heterocycles. The van der Waals surface area contributed by atoms with E-state index in [2.05, 4.69) is 17.1 Å². The number of aryl methyl sites for hydroxylation is 1. The fourth-order valence-electron chi connectivity index (χ4n) is 3.09. The summed E-state index contributed by atoms with van der Waals surface area (Å²) in [7, 11) is 1.84. The van der Waals surface area contributed by atoms with E-state index < -0.39 is 0 Å². The average molecular weight is 304 g/mol. The van der Waals surface area contributed by atoms with Gasteiger partial charge in [-0.1, -0.05) is 6.92 Å². The first-order chi connectivity index (χ1) is 10.1. The fraction of sp³-hybridized carbons (Fsp3) is 0.533. The lowest BCUT2D eigenvalue weighted by atomic mass is 9.94. The molecule has 0 spiro atoms. The Hall–Kier alpha value is -1.69. The zero-order chi connectivity index (χ0) is 15.0. The molecule has 2 heterocycles. The molecule has 0 fully saturated rings. The number of pyridine rings is 1. The van der Waals surface area contributed by atoms with E-state index in [1.807, 2.05) is 17.7 Å². The van der Waals surface area contributed by atoms with E-state index in [1.165, 1.54) is 24.1 Å². The molecule has 0 amide bonds. The summed E-state index contributed by atoms with van der Waals surface area (Å²) in [5, 5.41) is 6.99. The van der Waals surface area contributed by atoms with Gasteiger partial charge in [-0.15, -0.1) is 0 Å². The van der Waals surface area contributed by atoms with Gasteiger partial charge in [0.15, 0.2) is 10.6 Å². The second kappa shape index (κ2) is 5.60. The highest BCUT2D eigenvalue weighted by Gasteiger charge is 2.20. The average Bonchev–Trinajstić information content (AvgIpc) is 2.82. The third-order valence-electron chi connectivity index (χ3n) is 4.17. The summed E-state index contributed by atoms with van der Waals surface area (Å²) in [5.41, 5.74) is 3.21. The van der Waals surface area contributed by atoms with Crippen LogP contribution in [0.25, 0.3) is 11.4 Å². The van der Waals surface area contributed by atoms with Gasteiger partial charge in [0, 0.05) is 19.3 Å². The Morgan fingerprint density at radius 1 is 1.38 bits per heavy atom. The molecule has 1 N–H and O–H groups in total. The maximum atomic E-state index is 12.9. The maximum absolute atomic E-state index is 12.9. The number of hydrogen-bond donors (Lipinski definition) is 1. The lowest BCUT2D eigenvalue weighted by molar-refractivity contribution is 0.566. The van der Waals surface area contributed by atoms with Crippen molar-refractivity contribution in [1.82, 2.24) is 19.3 Å². The first-order valence-electron chi connectivity index (χ1n) is 7.50. The maximum Gasteiger partial charge on any atom is 0.261 e. The molecule has 2 aromatic heterocycles. The number of aromatic amines is 1. The Bertz CT molecular complexity index is 784. The number of fused-ring (bicyclic) bond motifs is 1. The highest BCUT2D eigenvalue weighted by Crippen LogP contribution is 2.24. The second-order valence-corrected chi connectivity index (χ2v) is 5.99. The standard InChI is InChI=1S/C15H20N4OS/c1-3-8-19-12-7-5-4-6-10(12)9-11(14(19)20)13-16-17-15(21)18(13)2/h9H,3-8H2,1-2H3,(H,17,21). The van der Waals surface area contributed by atoms with Gasteiger partial charge in [0.05, 0.1) is 5.56 Å². The van der Waals surface area contributed by atoms with Gasteiger partial charge >= 0.3 is 0 Å². The molecular formula is C15H20N4OS. The van der Waals surface area contributed by atoms with E-state index in [0.29, 0.717) is 16.2 Å². The SMILES string of the molecule is CCCn1c2c(cc(-c3n[nH]c(=S)n3C)c1=O)CCCC2. The van der Waals surface area contributed by atoms with Crippen molar-refractivity contribution in [2.75, 3.05) is 0 Å². The van der Waals surface area contributed by atoms with E-state index in [0.717, 1.165) is 25.8 Å². The molecule has 0 unspecified atom stereocenters. The zero-order valence-electron chi connectivity index (χ0n) is 12.5. The highest BCUT2D eigenvalue weighted by atomic mass is 32.1. The topological polar surface area (TPSA) is 55.6 Å². The molecule has 6 heteroatoms. The molecule has 0 atom stereocenters. The predicted octanol–water partition coefficient (Wildman–Crippen LogP) is 2.60. The molecule has 2 aromatic rings. The van der Waals surface area contributed by atoms with E-state index in [4.69, 9.17) is 12.2 Å². The van der Waals surface area contributed by atoms with Crippen molar-refractivity contribution in [3.63, 3.8) is 0 Å². The summed E-state index contributed by atoms with van der Waals surface area (Å²) in [5.74, 6) is 0.628. The molecule has 112 valence electrons. The summed E-state index contributed by atoms with van der Waals surface area (Å²) < 4.78 is 4.24. The van der Waals surface area contributed by atoms with Crippen LogP contribution in [0.1, 0.15) is 37.4 Å². The zero-order valence-corrected chi connectivity index (χ0v) is 13.3. The summed E-state index contributed by atoms with van der Waals surface area (Å²) in [6.45, 7) is 2.87. The van der Waals surface area contributed by atoms with Crippen molar-refractivity contribution < 1.29 is 0 Å². The minimum Gasteiger partial charge on any atom is -0.312 e. The van der Waals surface area contributed by atoms with Crippen molar-refractivity contribution in [3.8, 4) is 11.4 Å². The molecule has 1 aliphatic carbocycles. The van der Waals surface area contributed by atoms with Gasteiger partial charge in [0.1, 0.15) is 0 Å². The molecule has 0 saturated carbocycles. The number of nitrogens with one attached hydrogen (secondary N) is 1. The normalized spacial score (nSPS) is 14.2. The van der Waals surface area contributed by atoms with Crippen LogP contribution in [-0.2, 0) is 26.4 Å². The Morgan fingerprint density at radius 2 is 2.14 bits per heavy atom. The molecular weight excluding hydrogens is 284 g/mol.